The molecule has 0 saturated heterocycles. The molecule has 2 heterocycles. The first-order valence-corrected chi connectivity index (χ1v) is 4.62. The van der Waals surface area contributed by atoms with Gasteiger partial charge in [-0.25, -0.2) is 0 Å². The van der Waals surface area contributed by atoms with Gasteiger partial charge < -0.3 is 5.11 Å². The summed E-state index contributed by atoms with van der Waals surface area (Å²) >= 11 is 0. The molecule has 76 valence electrons. The zero-order chi connectivity index (χ0) is 10.1. The highest BCUT2D eigenvalue weighted by Gasteiger charge is 2.18. The van der Waals surface area contributed by atoms with Crippen molar-refractivity contribution >= 4 is 5.97 Å². The predicted molar refractivity (Wildman–Crippen MR) is 49.9 cm³/mol. The summed E-state index contributed by atoms with van der Waals surface area (Å²) in [7, 11) is 0. The number of fused-ring (bicyclic) bond motifs is 1. The van der Waals surface area contributed by atoms with Gasteiger partial charge in [-0.3, -0.25) is 14.4 Å². The van der Waals surface area contributed by atoms with Gasteiger partial charge in [0, 0.05) is 13.1 Å². The van der Waals surface area contributed by atoms with Gasteiger partial charge in [0.05, 0.1) is 24.5 Å². The molecule has 14 heavy (non-hydrogen) atoms. The van der Waals surface area contributed by atoms with Gasteiger partial charge >= 0.3 is 5.97 Å². The first-order chi connectivity index (χ1) is 6.65. The second-order valence-corrected chi connectivity index (χ2v) is 3.60. The monoisotopic (exact) mass is 195 g/mol. The van der Waals surface area contributed by atoms with Crippen LogP contribution < -0.4 is 0 Å². The maximum Gasteiger partial charge on any atom is 0.317 e. The summed E-state index contributed by atoms with van der Waals surface area (Å²) < 4.78 is 1.95. The number of carbonyl (C=O) groups is 1. The van der Waals surface area contributed by atoms with Crippen molar-refractivity contribution in [3.05, 3.63) is 17.5 Å². The second-order valence-electron chi connectivity index (χ2n) is 3.60. The highest BCUT2D eigenvalue weighted by atomic mass is 16.4. The summed E-state index contributed by atoms with van der Waals surface area (Å²) in [6, 6.07) is 2.01. The molecule has 1 aromatic rings. The molecule has 0 fully saturated rings. The summed E-state index contributed by atoms with van der Waals surface area (Å²) in [6.07, 6.45) is 0. The number of aliphatic carboxylic acids is 1. The fourth-order valence-corrected chi connectivity index (χ4v) is 1.79. The molecule has 5 heteroatoms. The van der Waals surface area contributed by atoms with Gasteiger partial charge in [0.25, 0.3) is 0 Å². The average Bonchev–Trinajstić information content (AvgIpc) is 2.42. The Morgan fingerprint density at radius 2 is 2.43 bits per heavy atom. The Kier molecular flexibility index (Phi) is 2.25. The standard InChI is InChI=1S/C9H13N3O2/c1-7-4-8-5-11(6-9(13)14)2-3-12(8)10-7/h4H,2-3,5-6H2,1H3,(H,13,14). The number of hydrogen-bond donors (Lipinski definition) is 1. The zero-order valence-corrected chi connectivity index (χ0v) is 8.10. The Bertz CT molecular complexity index is 359. The van der Waals surface area contributed by atoms with E-state index >= 15 is 0 Å². The summed E-state index contributed by atoms with van der Waals surface area (Å²) in [5, 5.41) is 13.0. The van der Waals surface area contributed by atoms with Crippen LogP contribution in [0.15, 0.2) is 6.07 Å². The molecule has 1 aromatic heterocycles. The molecule has 0 spiro atoms. The van der Waals surface area contributed by atoms with Crippen LogP contribution in [0.3, 0.4) is 0 Å². The molecule has 0 atom stereocenters. The van der Waals surface area contributed by atoms with E-state index in [1.54, 1.807) is 0 Å². The van der Waals surface area contributed by atoms with E-state index in [0.717, 1.165) is 24.5 Å². The number of rotatable bonds is 2. The van der Waals surface area contributed by atoms with E-state index in [4.69, 9.17) is 5.11 Å². The minimum atomic E-state index is -0.769. The van der Waals surface area contributed by atoms with Crippen LogP contribution in [0.1, 0.15) is 11.4 Å². The SMILES string of the molecule is Cc1cc2n(n1)CCN(CC(=O)O)C2. The Morgan fingerprint density at radius 1 is 1.64 bits per heavy atom. The van der Waals surface area contributed by atoms with Gasteiger partial charge in [0.1, 0.15) is 0 Å². The highest BCUT2D eigenvalue weighted by molar-refractivity contribution is 5.69. The summed E-state index contributed by atoms with van der Waals surface area (Å²) in [5.41, 5.74) is 2.10. The highest BCUT2D eigenvalue weighted by Crippen LogP contribution is 2.12. The molecule has 1 N–H and O–H groups in total. The maximum absolute atomic E-state index is 10.5. The summed E-state index contributed by atoms with van der Waals surface area (Å²) in [6.45, 7) is 4.31. The van der Waals surface area contributed by atoms with Gasteiger partial charge in [0.2, 0.25) is 0 Å². The third kappa shape index (κ3) is 1.77. The number of carboxylic acid groups (broad SMARTS) is 1. The van der Waals surface area contributed by atoms with Crippen LogP contribution in [0, 0.1) is 6.92 Å². The smallest absolute Gasteiger partial charge is 0.317 e. The molecule has 2 rings (SSSR count). The molecule has 0 unspecified atom stereocenters. The van der Waals surface area contributed by atoms with Gasteiger partial charge in [-0.15, -0.1) is 0 Å². The van der Waals surface area contributed by atoms with Crippen molar-refractivity contribution in [2.24, 2.45) is 0 Å². The third-order valence-electron chi connectivity index (χ3n) is 2.36. The fraction of sp³-hybridized carbons (Fsp3) is 0.556. The fourth-order valence-electron chi connectivity index (χ4n) is 1.79. The molecule has 1 aliphatic rings. The Labute approximate surface area is 81.9 Å². The number of nitrogens with zero attached hydrogens (tertiary/aromatic N) is 3. The average molecular weight is 195 g/mol. The molecule has 0 aliphatic carbocycles. The minimum absolute atomic E-state index is 0.115. The Morgan fingerprint density at radius 3 is 3.14 bits per heavy atom. The molecular weight excluding hydrogens is 182 g/mol. The van der Waals surface area contributed by atoms with E-state index in [1.165, 1.54) is 0 Å². The van der Waals surface area contributed by atoms with Crippen molar-refractivity contribution in [2.45, 2.75) is 20.0 Å². The van der Waals surface area contributed by atoms with E-state index in [0.29, 0.717) is 6.54 Å². The number of hydrogen-bond acceptors (Lipinski definition) is 3. The molecule has 0 amide bonds. The number of carboxylic acids is 1. The van der Waals surface area contributed by atoms with Crippen LogP contribution >= 0.6 is 0 Å². The molecule has 0 saturated carbocycles. The van der Waals surface area contributed by atoms with Gasteiger partial charge in [-0.2, -0.15) is 5.10 Å². The van der Waals surface area contributed by atoms with E-state index in [-0.39, 0.29) is 6.54 Å². The third-order valence-corrected chi connectivity index (χ3v) is 2.36. The van der Waals surface area contributed by atoms with Crippen LogP contribution in [-0.2, 0) is 17.9 Å². The Hall–Kier alpha value is -1.36. The van der Waals surface area contributed by atoms with Gasteiger partial charge in [0.15, 0.2) is 0 Å². The normalized spacial score (nSPS) is 16.6. The lowest BCUT2D eigenvalue weighted by Gasteiger charge is -2.25. The van der Waals surface area contributed by atoms with Gasteiger partial charge in [-0.05, 0) is 13.0 Å². The van der Waals surface area contributed by atoms with Crippen LogP contribution in [0.5, 0.6) is 0 Å². The van der Waals surface area contributed by atoms with Crippen molar-refractivity contribution in [1.29, 1.82) is 0 Å². The molecule has 0 bridgehead atoms. The van der Waals surface area contributed by atoms with E-state index < -0.39 is 5.97 Å². The summed E-state index contributed by atoms with van der Waals surface area (Å²) in [5.74, 6) is -0.769. The van der Waals surface area contributed by atoms with Crippen LogP contribution in [0.4, 0.5) is 0 Å². The van der Waals surface area contributed by atoms with Crippen LogP contribution in [0.25, 0.3) is 0 Å². The maximum atomic E-state index is 10.5. The van der Waals surface area contributed by atoms with Crippen LogP contribution in [0.2, 0.25) is 0 Å². The molecule has 5 nitrogen and oxygen atoms in total. The topological polar surface area (TPSA) is 58.4 Å². The van der Waals surface area contributed by atoms with E-state index in [2.05, 4.69) is 5.10 Å². The van der Waals surface area contributed by atoms with Crippen molar-refractivity contribution in [2.75, 3.05) is 13.1 Å². The summed E-state index contributed by atoms with van der Waals surface area (Å²) in [4.78, 5) is 12.4. The first kappa shape index (κ1) is 9.21. The first-order valence-electron chi connectivity index (χ1n) is 4.62. The minimum Gasteiger partial charge on any atom is -0.480 e. The number of aromatic nitrogens is 2. The molecule has 0 aromatic carbocycles. The van der Waals surface area contributed by atoms with Crippen molar-refractivity contribution in [3.63, 3.8) is 0 Å². The quantitative estimate of drug-likeness (QED) is 0.726. The molecular formula is C9H13N3O2. The van der Waals surface area contributed by atoms with E-state index in [9.17, 15) is 4.79 Å². The largest absolute Gasteiger partial charge is 0.480 e. The molecule has 0 radical (unpaired) electrons. The van der Waals surface area contributed by atoms with Crippen molar-refractivity contribution in [3.8, 4) is 0 Å². The van der Waals surface area contributed by atoms with Crippen LogP contribution in [-0.4, -0.2) is 38.8 Å². The van der Waals surface area contributed by atoms with Crippen molar-refractivity contribution in [1.82, 2.24) is 14.7 Å². The lowest BCUT2D eigenvalue weighted by atomic mass is 10.3. The van der Waals surface area contributed by atoms with Crippen molar-refractivity contribution < 1.29 is 9.90 Å². The molecule has 1 aliphatic heterocycles. The zero-order valence-electron chi connectivity index (χ0n) is 8.10. The second kappa shape index (κ2) is 3.42. The van der Waals surface area contributed by atoms with E-state index in [1.807, 2.05) is 22.6 Å². The van der Waals surface area contributed by atoms with Gasteiger partial charge in [-0.1, -0.05) is 0 Å². The Balaban J connectivity index is 2.09. The lowest BCUT2D eigenvalue weighted by molar-refractivity contribution is -0.138. The number of aryl methyl sites for hydroxylation is 1. The lowest BCUT2D eigenvalue weighted by Crippen LogP contribution is -2.37. The predicted octanol–water partition coefficient (Wildman–Crippen LogP) is 0.0917.